The average Bonchev–Trinajstić information content (AvgIpc) is 2.67. The Balaban J connectivity index is 1.51. The van der Waals surface area contributed by atoms with Gasteiger partial charge >= 0.3 is 0 Å². The minimum Gasteiger partial charge on any atom is -0.459 e. The fraction of sp³-hybridized carbons (Fsp3) is 0.458. The number of benzene rings is 2. The predicted octanol–water partition coefficient (Wildman–Crippen LogP) is 5.51. The second-order valence-electron chi connectivity index (χ2n) is 8.79. The predicted molar refractivity (Wildman–Crippen MR) is 102 cm³/mol. The second-order valence-corrected chi connectivity index (χ2v) is 8.79. The molecule has 26 heavy (non-hydrogen) atoms. The highest BCUT2D eigenvalue weighted by Crippen LogP contribution is 2.68. The van der Waals surface area contributed by atoms with Crippen LogP contribution in [0.3, 0.4) is 0 Å². The number of ether oxygens (including phenoxy) is 1. The lowest BCUT2D eigenvalue weighted by molar-refractivity contribution is -0.165. The lowest BCUT2D eigenvalue weighted by Crippen LogP contribution is -2.52. The Bertz CT molecular complexity index is 753. The molecule has 0 N–H and O–H groups in total. The number of hydrogen-bond donors (Lipinski definition) is 0. The highest BCUT2D eigenvalue weighted by molar-refractivity contribution is 5.40. The lowest BCUT2D eigenvalue weighted by Gasteiger charge is -2.62. The van der Waals surface area contributed by atoms with Crippen molar-refractivity contribution >= 4 is 6.47 Å². The first-order chi connectivity index (χ1) is 12.8. The SMILES string of the molecule is O=COC(c1ccccc1)C12CC3CC(C1)C(c1ccccc1)C(C3)C2. The van der Waals surface area contributed by atoms with Crippen molar-refractivity contribution in [2.24, 2.45) is 23.2 Å². The molecule has 0 amide bonds. The van der Waals surface area contributed by atoms with Crippen LogP contribution in [0.15, 0.2) is 60.7 Å². The summed E-state index contributed by atoms with van der Waals surface area (Å²) >= 11 is 0. The van der Waals surface area contributed by atoms with E-state index in [9.17, 15) is 4.79 Å². The molecule has 4 saturated carbocycles. The Labute approximate surface area is 155 Å². The molecule has 0 heterocycles. The zero-order valence-electron chi connectivity index (χ0n) is 15.1. The Kier molecular flexibility index (Phi) is 3.88. The van der Waals surface area contributed by atoms with Gasteiger partial charge in [-0.3, -0.25) is 4.79 Å². The van der Waals surface area contributed by atoms with Crippen LogP contribution in [0.1, 0.15) is 55.3 Å². The molecule has 3 atom stereocenters. The topological polar surface area (TPSA) is 26.3 Å². The first kappa shape index (κ1) is 16.1. The molecule has 0 saturated heterocycles. The zero-order valence-corrected chi connectivity index (χ0v) is 15.1. The summed E-state index contributed by atoms with van der Waals surface area (Å²) in [4.78, 5) is 11.3. The van der Waals surface area contributed by atoms with Gasteiger partial charge in [0.1, 0.15) is 6.10 Å². The molecular formula is C24H26O2. The molecule has 0 aromatic heterocycles. The van der Waals surface area contributed by atoms with Crippen LogP contribution in [0.2, 0.25) is 0 Å². The van der Waals surface area contributed by atoms with Crippen molar-refractivity contribution in [3.63, 3.8) is 0 Å². The maximum Gasteiger partial charge on any atom is 0.293 e. The van der Waals surface area contributed by atoms with Crippen molar-refractivity contribution in [3.8, 4) is 0 Å². The maximum atomic E-state index is 11.3. The van der Waals surface area contributed by atoms with Crippen molar-refractivity contribution in [2.45, 2.75) is 44.1 Å². The minimum absolute atomic E-state index is 0.0916. The lowest BCUT2D eigenvalue weighted by atomic mass is 9.44. The van der Waals surface area contributed by atoms with Gasteiger partial charge in [-0.25, -0.2) is 0 Å². The molecule has 134 valence electrons. The van der Waals surface area contributed by atoms with Gasteiger partial charge in [0.2, 0.25) is 0 Å². The first-order valence-electron chi connectivity index (χ1n) is 9.98. The van der Waals surface area contributed by atoms with Crippen molar-refractivity contribution in [3.05, 3.63) is 71.8 Å². The van der Waals surface area contributed by atoms with Gasteiger partial charge in [0, 0.05) is 5.41 Å². The molecule has 4 bridgehead atoms. The van der Waals surface area contributed by atoms with Gasteiger partial charge in [-0.1, -0.05) is 60.7 Å². The molecule has 2 nitrogen and oxygen atoms in total. The molecule has 4 aliphatic carbocycles. The monoisotopic (exact) mass is 346 g/mol. The molecule has 2 heteroatoms. The highest BCUT2D eigenvalue weighted by atomic mass is 16.5. The second kappa shape index (κ2) is 6.26. The summed E-state index contributed by atoms with van der Waals surface area (Å²) in [7, 11) is 0. The van der Waals surface area contributed by atoms with E-state index in [1.807, 2.05) is 6.07 Å². The molecule has 0 spiro atoms. The summed E-state index contributed by atoms with van der Waals surface area (Å²) in [6.45, 7) is 0.672. The number of carbonyl (C=O) groups excluding carboxylic acids is 1. The number of rotatable bonds is 5. The zero-order chi connectivity index (χ0) is 17.6. The van der Waals surface area contributed by atoms with Crippen LogP contribution in [0.4, 0.5) is 0 Å². The highest BCUT2D eigenvalue weighted by Gasteiger charge is 2.59. The third-order valence-electron chi connectivity index (χ3n) is 7.36. The fourth-order valence-corrected chi connectivity index (χ4v) is 6.89. The van der Waals surface area contributed by atoms with E-state index in [2.05, 4.69) is 54.6 Å². The summed E-state index contributed by atoms with van der Waals surface area (Å²) in [6, 6.07) is 21.5. The molecular weight excluding hydrogens is 320 g/mol. The van der Waals surface area contributed by atoms with E-state index in [4.69, 9.17) is 4.74 Å². The van der Waals surface area contributed by atoms with E-state index >= 15 is 0 Å². The van der Waals surface area contributed by atoms with Crippen LogP contribution in [-0.2, 0) is 9.53 Å². The van der Waals surface area contributed by atoms with Gasteiger partial charge in [0.25, 0.3) is 6.47 Å². The van der Waals surface area contributed by atoms with E-state index in [0.717, 1.165) is 23.3 Å². The first-order valence-corrected chi connectivity index (χ1v) is 9.98. The average molecular weight is 346 g/mol. The van der Waals surface area contributed by atoms with Crippen LogP contribution >= 0.6 is 0 Å². The third-order valence-corrected chi connectivity index (χ3v) is 7.36. The normalized spacial score (nSPS) is 35.8. The Hall–Kier alpha value is -2.09. The summed E-state index contributed by atoms with van der Waals surface area (Å²) in [5, 5.41) is 0. The van der Waals surface area contributed by atoms with Crippen molar-refractivity contribution in [1.82, 2.24) is 0 Å². The molecule has 3 unspecified atom stereocenters. The van der Waals surface area contributed by atoms with E-state index in [-0.39, 0.29) is 11.5 Å². The summed E-state index contributed by atoms with van der Waals surface area (Å²) in [5.41, 5.74) is 2.81. The third kappa shape index (κ3) is 2.50. The summed E-state index contributed by atoms with van der Waals surface area (Å²) < 4.78 is 5.77. The van der Waals surface area contributed by atoms with Crippen LogP contribution in [0, 0.1) is 23.2 Å². The number of hydrogen-bond acceptors (Lipinski definition) is 2. The van der Waals surface area contributed by atoms with Crippen molar-refractivity contribution in [1.29, 1.82) is 0 Å². The van der Waals surface area contributed by atoms with Crippen LogP contribution in [-0.4, -0.2) is 6.47 Å². The van der Waals surface area contributed by atoms with Crippen LogP contribution < -0.4 is 0 Å². The Morgan fingerprint density at radius 1 is 0.885 bits per heavy atom. The van der Waals surface area contributed by atoms with Gasteiger partial charge < -0.3 is 4.74 Å². The molecule has 2 aromatic rings. The van der Waals surface area contributed by atoms with E-state index < -0.39 is 0 Å². The quantitative estimate of drug-likeness (QED) is 0.667. The van der Waals surface area contributed by atoms with E-state index in [1.165, 1.54) is 37.7 Å². The van der Waals surface area contributed by atoms with Gasteiger partial charge in [-0.15, -0.1) is 0 Å². The smallest absolute Gasteiger partial charge is 0.293 e. The largest absolute Gasteiger partial charge is 0.459 e. The van der Waals surface area contributed by atoms with Gasteiger partial charge in [-0.05, 0) is 66.9 Å². The summed E-state index contributed by atoms with van der Waals surface area (Å²) in [6.07, 6.45) is 6.20. The van der Waals surface area contributed by atoms with Gasteiger partial charge in [-0.2, -0.15) is 0 Å². The van der Waals surface area contributed by atoms with E-state index in [1.54, 1.807) is 0 Å². The molecule has 2 aromatic carbocycles. The Morgan fingerprint density at radius 2 is 1.50 bits per heavy atom. The van der Waals surface area contributed by atoms with Crippen LogP contribution in [0.25, 0.3) is 0 Å². The summed E-state index contributed by atoms with van der Waals surface area (Å²) in [5.74, 6) is 2.94. The molecule has 0 radical (unpaired) electrons. The molecule has 6 rings (SSSR count). The van der Waals surface area contributed by atoms with Crippen LogP contribution in [0.5, 0.6) is 0 Å². The number of carbonyl (C=O) groups is 1. The fourth-order valence-electron chi connectivity index (χ4n) is 6.89. The standard InChI is InChI=1S/C24H26O2/c25-16-26-23(19-9-5-2-6-10-19)24-13-17-11-20(14-24)22(21(12-17)15-24)18-7-3-1-4-8-18/h1-10,16-17,20-23H,11-15H2. The maximum absolute atomic E-state index is 11.3. The van der Waals surface area contributed by atoms with Crippen molar-refractivity contribution < 1.29 is 9.53 Å². The molecule has 0 aliphatic heterocycles. The minimum atomic E-state index is -0.0916. The van der Waals surface area contributed by atoms with E-state index in [0.29, 0.717) is 12.4 Å². The molecule has 4 aliphatic rings. The van der Waals surface area contributed by atoms with Crippen molar-refractivity contribution in [2.75, 3.05) is 0 Å². The molecule has 4 fully saturated rings. The van der Waals surface area contributed by atoms with Gasteiger partial charge in [0.05, 0.1) is 0 Å². The van der Waals surface area contributed by atoms with Gasteiger partial charge in [0.15, 0.2) is 0 Å². The Morgan fingerprint density at radius 3 is 2.12 bits per heavy atom.